The highest BCUT2D eigenvalue weighted by Crippen LogP contribution is 2.38. The molecule has 2 N–H and O–H groups in total. The predicted octanol–water partition coefficient (Wildman–Crippen LogP) is 5.10. The molecular formula is C33H31F2N7O3. The molecule has 230 valence electrons. The topological polar surface area (TPSA) is 135 Å². The summed E-state index contributed by atoms with van der Waals surface area (Å²) in [5, 5.41) is 12.4. The Bertz CT molecular complexity index is 1810. The standard InChI is InChI=1S/C33H31F2N7O3/c1-20-5-2-3-6-23(20)30(31(44)40-22-11-14-33(34,35)15-12-22)42(25-8-4-7-24-29(25)39-19-38-24)32(45)26-9-10-28(43)41(26)27-17-21(18-36)13-16-37-27/h2-8,13,16-17,19,22,26,30H,9-12,14-15H2,1H3,(H,38,39)(H,40,44)/t26-,30?/m0/s1. The second-order valence-corrected chi connectivity index (χ2v) is 11.5. The smallest absolute Gasteiger partial charge is 0.251 e. The Kier molecular flexibility index (Phi) is 8.01. The van der Waals surface area contributed by atoms with E-state index in [0.29, 0.717) is 22.3 Å². The van der Waals surface area contributed by atoms with Crippen LogP contribution in [0.1, 0.15) is 61.3 Å². The minimum absolute atomic E-state index is 0.0623. The van der Waals surface area contributed by atoms with Crippen molar-refractivity contribution in [2.75, 3.05) is 9.80 Å². The summed E-state index contributed by atoms with van der Waals surface area (Å²) in [7, 11) is 0. The van der Waals surface area contributed by atoms with Gasteiger partial charge in [-0.2, -0.15) is 5.26 Å². The lowest BCUT2D eigenvalue weighted by molar-refractivity contribution is -0.128. The van der Waals surface area contributed by atoms with Crippen LogP contribution >= 0.6 is 0 Å². The van der Waals surface area contributed by atoms with Gasteiger partial charge in [0.15, 0.2) is 0 Å². The highest BCUT2D eigenvalue weighted by Gasteiger charge is 2.45. The van der Waals surface area contributed by atoms with E-state index in [9.17, 15) is 28.4 Å². The van der Waals surface area contributed by atoms with Gasteiger partial charge in [0, 0.05) is 31.5 Å². The van der Waals surface area contributed by atoms with Crippen LogP contribution in [0.2, 0.25) is 0 Å². The molecule has 3 amide bonds. The Hall–Kier alpha value is -5.18. The summed E-state index contributed by atoms with van der Waals surface area (Å²) in [6, 6.07) is 14.6. The normalized spacial score (nSPS) is 18.8. The molecule has 1 unspecified atom stereocenters. The lowest BCUT2D eigenvalue weighted by atomic mass is 9.91. The summed E-state index contributed by atoms with van der Waals surface area (Å²) in [6.45, 7) is 1.83. The van der Waals surface area contributed by atoms with Crippen LogP contribution in [-0.2, 0) is 14.4 Å². The van der Waals surface area contributed by atoms with Crippen molar-refractivity contribution < 1.29 is 23.2 Å². The van der Waals surface area contributed by atoms with Gasteiger partial charge < -0.3 is 10.3 Å². The fraction of sp³-hybridized carbons (Fsp3) is 0.333. The first-order valence-electron chi connectivity index (χ1n) is 14.8. The van der Waals surface area contributed by atoms with Gasteiger partial charge in [0.1, 0.15) is 23.4 Å². The van der Waals surface area contributed by atoms with E-state index >= 15 is 0 Å². The molecule has 1 saturated carbocycles. The van der Waals surface area contributed by atoms with Crippen LogP contribution in [0.3, 0.4) is 0 Å². The van der Waals surface area contributed by atoms with Crippen molar-refractivity contribution >= 4 is 40.3 Å². The molecule has 0 spiro atoms. The van der Waals surface area contributed by atoms with Gasteiger partial charge >= 0.3 is 0 Å². The maximum absolute atomic E-state index is 14.9. The van der Waals surface area contributed by atoms with Crippen molar-refractivity contribution in [2.24, 2.45) is 0 Å². The Morgan fingerprint density at radius 3 is 2.64 bits per heavy atom. The van der Waals surface area contributed by atoms with Crippen molar-refractivity contribution in [1.82, 2.24) is 20.3 Å². The summed E-state index contributed by atoms with van der Waals surface area (Å²) in [6.07, 6.45) is 2.65. The van der Waals surface area contributed by atoms with Gasteiger partial charge in [-0.1, -0.05) is 30.3 Å². The lowest BCUT2D eigenvalue weighted by Gasteiger charge is -2.37. The number of para-hydroxylation sites is 1. The minimum Gasteiger partial charge on any atom is -0.351 e. The van der Waals surface area contributed by atoms with Crippen LogP contribution in [0.4, 0.5) is 20.3 Å². The van der Waals surface area contributed by atoms with Crippen molar-refractivity contribution in [3.05, 3.63) is 83.8 Å². The van der Waals surface area contributed by atoms with Crippen molar-refractivity contribution in [2.45, 2.75) is 69.5 Å². The average molecular weight is 612 g/mol. The van der Waals surface area contributed by atoms with E-state index in [4.69, 9.17) is 0 Å². The SMILES string of the molecule is Cc1ccccc1C(C(=O)NC1CCC(F)(F)CC1)N(C(=O)[C@@H]1CCC(=O)N1c1cc(C#N)ccn1)c1cccc2[nH]cnc12. The number of hydrogen-bond donors (Lipinski definition) is 2. The molecule has 2 atom stereocenters. The first-order chi connectivity index (χ1) is 21.7. The second kappa shape index (κ2) is 12.1. The van der Waals surface area contributed by atoms with Crippen LogP contribution in [0.5, 0.6) is 0 Å². The van der Waals surface area contributed by atoms with Crippen LogP contribution in [-0.4, -0.2) is 50.7 Å². The number of H-pyrrole nitrogens is 1. The fourth-order valence-corrected chi connectivity index (χ4v) is 6.27. The number of halogens is 2. The predicted molar refractivity (Wildman–Crippen MR) is 162 cm³/mol. The molecule has 2 aliphatic rings. The molecule has 1 saturated heterocycles. The number of nitriles is 1. The monoisotopic (exact) mass is 611 g/mol. The van der Waals surface area contributed by atoms with E-state index in [2.05, 4.69) is 20.3 Å². The number of carbonyl (C=O) groups is 3. The summed E-state index contributed by atoms with van der Waals surface area (Å²) < 4.78 is 27.9. The number of aromatic amines is 1. The quantitative estimate of drug-likeness (QED) is 0.299. The van der Waals surface area contributed by atoms with E-state index in [1.54, 1.807) is 30.3 Å². The zero-order valence-electron chi connectivity index (χ0n) is 24.5. The Labute approximate surface area is 258 Å². The van der Waals surface area contributed by atoms with E-state index in [1.165, 1.54) is 34.5 Å². The second-order valence-electron chi connectivity index (χ2n) is 11.5. The molecule has 2 fully saturated rings. The average Bonchev–Trinajstić information content (AvgIpc) is 3.68. The molecule has 0 bridgehead atoms. The maximum Gasteiger partial charge on any atom is 0.251 e. The summed E-state index contributed by atoms with van der Waals surface area (Å²) in [5.41, 5.74) is 2.97. The van der Waals surface area contributed by atoms with E-state index < -0.39 is 35.9 Å². The zero-order chi connectivity index (χ0) is 31.7. The van der Waals surface area contributed by atoms with Crippen LogP contribution in [0, 0.1) is 18.3 Å². The number of rotatable bonds is 7. The maximum atomic E-state index is 14.9. The number of imidazole rings is 1. The number of nitrogens with zero attached hydrogens (tertiary/aromatic N) is 5. The van der Waals surface area contributed by atoms with Gasteiger partial charge in [0.25, 0.3) is 5.91 Å². The number of nitrogens with one attached hydrogen (secondary N) is 2. The molecule has 4 aromatic rings. The molecule has 1 aliphatic heterocycles. The number of aromatic nitrogens is 3. The van der Waals surface area contributed by atoms with Crippen LogP contribution in [0.15, 0.2) is 67.1 Å². The Morgan fingerprint density at radius 2 is 1.89 bits per heavy atom. The molecule has 3 heterocycles. The third-order valence-corrected chi connectivity index (χ3v) is 8.60. The van der Waals surface area contributed by atoms with Gasteiger partial charge in [0.05, 0.1) is 29.2 Å². The molecule has 0 radical (unpaired) electrons. The lowest BCUT2D eigenvalue weighted by Crippen LogP contribution is -2.53. The summed E-state index contributed by atoms with van der Waals surface area (Å²) in [4.78, 5) is 57.0. The highest BCUT2D eigenvalue weighted by atomic mass is 19.3. The number of amides is 3. The molecule has 2 aromatic carbocycles. The molecule has 6 rings (SSSR count). The summed E-state index contributed by atoms with van der Waals surface area (Å²) >= 11 is 0. The number of benzene rings is 2. The van der Waals surface area contributed by atoms with Crippen molar-refractivity contribution in [3.8, 4) is 6.07 Å². The highest BCUT2D eigenvalue weighted by molar-refractivity contribution is 6.13. The van der Waals surface area contributed by atoms with Gasteiger partial charge in [-0.05, 0) is 61.6 Å². The van der Waals surface area contributed by atoms with E-state index in [0.717, 1.165) is 5.56 Å². The van der Waals surface area contributed by atoms with Gasteiger partial charge in [0.2, 0.25) is 17.7 Å². The number of carbonyl (C=O) groups excluding carboxylic acids is 3. The van der Waals surface area contributed by atoms with E-state index in [1.807, 2.05) is 25.1 Å². The molecule has 10 nitrogen and oxygen atoms in total. The van der Waals surface area contributed by atoms with Gasteiger partial charge in [-0.15, -0.1) is 0 Å². The molecule has 1 aliphatic carbocycles. The Balaban J connectivity index is 1.48. The van der Waals surface area contributed by atoms with Gasteiger partial charge in [-0.25, -0.2) is 18.7 Å². The summed E-state index contributed by atoms with van der Waals surface area (Å²) in [5.74, 6) is -4.02. The first kappa shape index (κ1) is 29.9. The van der Waals surface area contributed by atoms with Crippen molar-refractivity contribution in [1.29, 1.82) is 5.26 Å². The fourth-order valence-electron chi connectivity index (χ4n) is 6.27. The van der Waals surface area contributed by atoms with Crippen LogP contribution < -0.4 is 15.1 Å². The third kappa shape index (κ3) is 5.85. The number of hydrogen-bond acceptors (Lipinski definition) is 6. The number of aryl methyl sites for hydroxylation is 1. The third-order valence-electron chi connectivity index (χ3n) is 8.60. The van der Waals surface area contributed by atoms with Crippen molar-refractivity contribution in [3.63, 3.8) is 0 Å². The number of pyridine rings is 1. The largest absolute Gasteiger partial charge is 0.351 e. The molecular weight excluding hydrogens is 580 g/mol. The number of fused-ring (bicyclic) bond motifs is 1. The molecule has 2 aromatic heterocycles. The first-order valence-corrected chi connectivity index (χ1v) is 14.8. The van der Waals surface area contributed by atoms with E-state index in [-0.39, 0.29) is 55.8 Å². The number of alkyl halides is 2. The molecule has 12 heteroatoms. The van der Waals surface area contributed by atoms with Gasteiger partial charge in [-0.3, -0.25) is 24.2 Å². The molecule has 45 heavy (non-hydrogen) atoms. The minimum atomic E-state index is -2.77. The zero-order valence-corrected chi connectivity index (χ0v) is 24.5. The van der Waals surface area contributed by atoms with Crippen LogP contribution in [0.25, 0.3) is 11.0 Å². The number of anilines is 2. The Morgan fingerprint density at radius 1 is 1.11 bits per heavy atom.